The Balaban J connectivity index is 2.97. The third-order valence-corrected chi connectivity index (χ3v) is 2.53. The minimum atomic E-state index is -0.664. The van der Waals surface area contributed by atoms with Crippen LogP contribution in [0.2, 0.25) is 5.15 Å². The number of amides is 2. The van der Waals surface area contributed by atoms with Gasteiger partial charge in [-0.3, -0.25) is 9.59 Å². The second-order valence-electron chi connectivity index (χ2n) is 3.63. The zero-order valence-electron chi connectivity index (χ0n) is 9.74. The van der Waals surface area contributed by atoms with Crippen LogP contribution in [0.5, 0.6) is 0 Å². The fourth-order valence-electron chi connectivity index (χ4n) is 1.37. The molecule has 0 aromatic carbocycles. The van der Waals surface area contributed by atoms with Crippen LogP contribution in [0, 0.1) is 0 Å². The monoisotopic (exact) mass is 255 g/mol. The summed E-state index contributed by atoms with van der Waals surface area (Å²) < 4.78 is 0. The van der Waals surface area contributed by atoms with Crippen molar-refractivity contribution in [3.63, 3.8) is 0 Å². The van der Waals surface area contributed by atoms with Gasteiger partial charge in [-0.25, -0.2) is 4.98 Å². The topological polar surface area (TPSA) is 76.3 Å². The first-order valence-electron chi connectivity index (χ1n) is 5.19. The third kappa shape index (κ3) is 3.17. The zero-order chi connectivity index (χ0) is 13.0. The molecule has 1 rings (SSSR count). The van der Waals surface area contributed by atoms with Crippen LogP contribution in [-0.2, 0) is 0 Å². The Labute approximate surface area is 105 Å². The van der Waals surface area contributed by atoms with Crippen molar-refractivity contribution in [3.8, 4) is 0 Å². The summed E-state index contributed by atoms with van der Waals surface area (Å²) in [5, 5.41) is -0.0479. The number of primary amides is 1. The highest BCUT2D eigenvalue weighted by atomic mass is 35.5. The molecular formula is C11H14ClN3O2. The van der Waals surface area contributed by atoms with Gasteiger partial charge in [0.15, 0.2) is 0 Å². The fraction of sp³-hybridized carbons (Fsp3) is 0.364. The van der Waals surface area contributed by atoms with Crippen LogP contribution < -0.4 is 5.73 Å². The minimum Gasteiger partial charge on any atom is -0.366 e. The lowest BCUT2D eigenvalue weighted by Gasteiger charge is -2.15. The lowest BCUT2D eigenvalue weighted by atomic mass is 10.2. The number of nitrogens with zero attached hydrogens (tertiary/aromatic N) is 2. The number of aromatic nitrogens is 1. The molecule has 0 aliphatic carbocycles. The Kier molecular flexibility index (Phi) is 4.45. The molecule has 1 aromatic heterocycles. The first-order valence-corrected chi connectivity index (χ1v) is 5.57. The number of pyridine rings is 1. The summed E-state index contributed by atoms with van der Waals surface area (Å²) in [6.45, 7) is 2.61. The molecule has 0 aliphatic rings. The summed E-state index contributed by atoms with van der Waals surface area (Å²) in [7, 11) is 1.68. The van der Waals surface area contributed by atoms with Gasteiger partial charge in [-0.15, -0.1) is 0 Å². The number of rotatable bonds is 4. The summed E-state index contributed by atoms with van der Waals surface area (Å²) in [4.78, 5) is 28.2. The van der Waals surface area contributed by atoms with Crippen LogP contribution >= 0.6 is 11.6 Å². The minimum absolute atomic E-state index is 0.0479. The maximum Gasteiger partial charge on any atom is 0.272 e. The number of halogens is 1. The van der Waals surface area contributed by atoms with Crippen LogP contribution in [0.25, 0.3) is 0 Å². The second kappa shape index (κ2) is 5.63. The van der Waals surface area contributed by atoms with Gasteiger partial charge in [-0.2, -0.15) is 0 Å². The molecule has 0 spiro atoms. The van der Waals surface area contributed by atoms with E-state index in [0.29, 0.717) is 6.54 Å². The smallest absolute Gasteiger partial charge is 0.272 e. The van der Waals surface area contributed by atoms with Gasteiger partial charge >= 0.3 is 0 Å². The average molecular weight is 256 g/mol. The van der Waals surface area contributed by atoms with Crippen LogP contribution in [0.15, 0.2) is 12.1 Å². The number of hydrogen-bond donors (Lipinski definition) is 1. The maximum atomic E-state index is 11.9. The van der Waals surface area contributed by atoms with Gasteiger partial charge in [0.2, 0.25) is 0 Å². The molecule has 0 bridgehead atoms. The van der Waals surface area contributed by atoms with Crippen molar-refractivity contribution in [2.24, 2.45) is 5.73 Å². The predicted octanol–water partition coefficient (Wildman–Crippen LogP) is 1.32. The van der Waals surface area contributed by atoms with E-state index in [1.165, 1.54) is 12.1 Å². The quantitative estimate of drug-likeness (QED) is 0.825. The Hall–Kier alpha value is -1.62. The summed E-state index contributed by atoms with van der Waals surface area (Å²) in [5.74, 6) is -0.895. The molecule has 92 valence electrons. The largest absolute Gasteiger partial charge is 0.366 e. The van der Waals surface area contributed by atoms with E-state index in [0.717, 1.165) is 6.42 Å². The average Bonchev–Trinajstić information content (AvgIpc) is 2.27. The molecule has 0 fully saturated rings. The van der Waals surface area contributed by atoms with Crippen molar-refractivity contribution in [2.75, 3.05) is 13.6 Å². The molecular weight excluding hydrogens is 242 g/mol. The van der Waals surface area contributed by atoms with Gasteiger partial charge in [0, 0.05) is 13.6 Å². The highest BCUT2D eigenvalue weighted by molar-refractivity contribution is 6.32. The molecule has 1 heterocycles. The number of nitrogens with two attached hydrogens (primary N) is 1. The predicted molar refractivity (Wildman–Crippen MR) is 65.0 cm³/mol. The van der Waals surface area contributed by atoms with Crippen LogP contribution in [-0.4, -0.2) is 35.3 Å². The molecule has 0 unspecified atom stereocenters. The Morgan fingerprint density at radius 1 is 1.47 bits per heavy atom. The molecule has 1 aromatic rings. The van der Waals surface area contributed by atoms with Crippen molar-refractivity contribution < 1.29 is 9.59 Å². The lowest BCUT2D eigenvalue weighted by molar-refractivity contribution is 0.0788. The molecule has 2 N–H and O–H groups in total. The van der Waals surface area contributed by atoms with E-state index >= 15 is 0 Å². The van der Waals surface area contributed by atoms with Gasteiger partial charge in [0.05, 0.1) is 5.56 Å². The van der Waals surface area contributed by atoms with E-state index < -0.39 is 5.91 Å². The molecule has 2 amide bonds. The molecule has 6 heteroatoms. The lowest BCUT2D eigenvalue weighted by Crippen LogP contribution is -2.28. The SMILES string of the molecule is CCCN(C)C(=O)c1ccc(C(N)=O)c(Cl)n1. The second-order valence-corrected chi connectivity index (χ2v) is 3.98. The Bertz CT molecular complexity index is 448. The van der Waals surface area contributed by atoms with Gasteiger partial charge in [0.1, 0.15) is 10.8 Å². The standard InChI is InChI=1S/C11H14ClN3O2/c1-3-6-15(2)11(17)8-5-4-7(10(13)16)9(12)14-8/h4-5H,3,6H2,1-2H3,(H2,13,16). The maximum absolute atomic E-state index is 11.9. The van der Waals surface area contributed by atoms with Gasteiger partial charge in [0.25, 0.3) is 11.8 Å². The Morgan fingerprint density at radius 3 is 2.59 bits per heavy atom. The van der Waals surface area contributed by atoms with Crippen molar-refractivity contribution >= 4 is 23.4 Å². The molecule has 0 radical (unpaired) electrons. The molecule has 0 aliphatic heterocycles. The van der Waals surface area contributed by atoms with E-state index in [4.69, 9.17) is 17.3 Å². The normalized spacial score (nSPS) is 10.1. The number of hydrogen-bond acceptors (Lipinski definition) is 3. The van der Waals surface area contributed by atoms with Crippen molar-refractivity contribution in [1.29, 1.82) is 0 Å². The molecule has 0 atom stereocenters. The summed E-state index contributed by atoms with van der Waals surface area (Å²) in [6, 6.07) is 2.85. The number of carbonyl (C=O) groups is 2. The van der Waals surface area contributed by atoms with Crippen LogP contribution in [0.1, 0.15) is 34.2 Å². The van der Waals surface area contributed by atoms with E-state index in [1.54, 1.807) is 11.9 Å². The highest BCUT2D eigenvalue weighted by Crippen LogP contribution is 2.14. The van der Waals surface area contributed by atoms with E-state index in [-0.39, 0.29) is 22.3 Å². The summed E-state index contributed by atoms with van der Waals surface area (Å²) in [6.07, 6.45) is 0.856. The summed E-state index contributed by atoms with van der Waals surface area (Å²) >= 11 is 5.77. The third-order valence-electron chi connectivity index (χ3n) is 2.24. The summed E-state index contributed by atoms with van der Waals surface area (Å²) in [5.41, 5.74) is 5.41. The molecule has 0 saturated heterocycles. The van der Waals surface area contributed by atoms with E-state index in [2.05, 4.69) is 4.98 Å². The molecule has 17 heavy (non-hydrogen) atoms. The van der Waals surface area contributed by atoms with E-state index in [1.807, 2.05) is 6.92 Å². The van der Waals surface area contributed by atoms with Crippen LogP contribution in [0.3, 0.4) is 0 Å². The highest BCUT2D eigenvalue weighted by Gasteiger charge is 2.15. The van der Waals surface area contributed by atoms with Crippen molar-refractivity contribution in [1.82, 2.24) is 9.88 Å². The van der Waals surface area contributed by atoms with E-state index in [9.17, 15) is 9.59 Å². The number of carbonyl (C=O) groups excluding carboxylic acids is 2. The van der Waals surface area contributed by atoms with Gasteiger partial charge in [-0.05, 0) is 18.6 Å². The Morgan fingerprint density at radius 2 is 2.12 bits per heavy atom. The molecule has 0 saturated carbocycles. The first kappa shape index (κ1) is 13.4. The zero-order valence-corrected chi connectivity index (χ0v) is 10.5. The van der Waals surface area contributed by atoms with Gasteiger partial charge in [-0.1, -0.05) is 18.5 Å². The van der Waals surface area contributed by atoms with Crippen LogP contribution in [0.4, 0.5) is 0 Å². The fourth-order valence-corrected chi connectivity index (χ4v) is 1.62. The van der Waals surface area contributed by atoms with Crippen molar-refractivity contribution in [2.45, 2.75) is 13.3 Å². The molecule has 5 nitrogen and oxygen atoms in total. The van der Waals surface area contributed by atoms with Crippen molar-refractivity contribution in [3.05, 3.63) is 28.5 Å². The van der Waals surface area contributed by atoms with Gasteiger partial charge < -0.3 is 10.6 Å². The first-order chi connectivity index (χ1) is 7.97.